The Morgan fingerprint density at radius 1 is 1.33 bits per heavy atom. The summed E-state index contributed by atoms with van der Waals surface area (Å²) in [4.78, 5) is 0. The van der Waals surface area contributed by atoms with E-state index in [4.69, 9.17) is 16.3 Å². The van der Waals surface area contributed by atoms with Crippen molar-refractivity contribution in [3.63, 3.8) is 0 Å². The molecule has 1 nitrogen and oxygen atoms in total. The largest absolute Gasteiger partial charge is 0.378 e. The number of allylic oxidation sites excluding steroid dienone is 1. The third-order valence-corrected chi connectivity index (χ3v) is 3.26. The van der Waals surface area contributed by atoms with E-state index in [9.17, 15) is 0 Å². The summed E-state index contributed by atoms with van der Waals surface area (Å²) in [5.74, 6) is 0.517. The van der Waals surface area contributed by atoms with Gasteiger partial charge in [-0.15, -0.1) is 0 Å². The summed E-state index contributed by atoms with van der Waals surface area (Å²) in [6, 6.07) is 0. The molecule has 2 aliphatic rings. The zero-order chi connectivity index (χ0) is 8.39. The van der Waals surface area contributed by atoms with Crippen molar-refractivity contribution in [3.05, 3.63) is 11.1 Å². The van der Waals surface area contributed by atoms with Gasteiger partial charge in [-0.25, -0.2) is 0 Å². The number of hydrogen-bond acceptors (Lipinski definition) is 1. The lowest BCUT2D eigenvalue weighted by Crippen LogP contribution is -2.21. The lowest BCUT2D eigenvalue weighted by molar-refractivity contribution is 0.0725. The minimum atomic E-state index is 0.425. The second-order valence-corrected chi connectivity index (χ2v) is 4.11. The Hall–Kier alpha value is -0.0100. The maximum absolute atomic E-state index is 6.14. The molecular weight excluding hydrogens is 172 g/mol. The molecule has 0 N–H and O–H groups in total. The first-order valence-electron chi connectivity index (χ1n) is 4.85. The van der Waals surface area contributed by atoms with Crippen molar-refractivity contribution in [1.82, 2.24) is 0 Å². The van der Waals surface area contributed by atoms with Crippen LogP contribution in [0.2, 0.25) is 0 Å². The molecule has 2 atom stereocenters. The third-order valence-electron chi connectivity index (χ3n) is 2.83. The van der Waals surface area contributed by atoms with Gasteiger partial charge in [0.15, 0.2) is 0 Å². The molecule has 68 valence electrons. The normalized spacial score (nSPS) is 36.6. The van der Waals surface area contributed by atoms with Gasteiger partial charge in [-0.1, -0.05) is 17.7 Å². The molecule has 2 rings (SSSR count). The van der Waals surface area contributed by atoms with E-state index in [1.165, 1.54) is 25.7 Å². The highest BCUT2D eigenvalue weighted by Crippen LogP contribution is 2.35. The van der Waals surface area contributed by atoms with Gasteiger partial charge in [0, 0.05) is 17.6 Å². The van der Waals surface area contributed by atoms with Crippen LogP contribution in [0.5, 0.6) is 0 Å². The van der Waals surface area contributed by atoms with Crippen LogP contribution in [-0.4, -0.2) is 12.7 Å². The molecule has 0 aromatic carbocycles. The summed E-state index contributed by atoms with van der Waals surface area (Å²) >= 11 is 6.14. The van der Waals surface area contributed by atoms with Gasteiger partial charge in [-0.3, -0.25) is 0 Å². The number of halogens is 1. The van der Waals surface area contributed by atoms with E-state index in [1.807, 2.05) is 0 Å². The van der Waals surface area contributed by atoms with Crippen LogP contribution in [-0.2, 0) is 4.74 Å². The van der Waals surface area contributed by atoms with Gasteiger partial charge in [0.2, 0.25) is 0 Å². The first-order valence-corrected chi connectivity index (χ1v) is 5.23. The van der Waals surface area contributed by atoms with Crippen LogP contribution in [0.15, 0.2) is 11.1 Å². The van der Waals surface area contributed by atoms with Crippen LogP contribution in [0.4, 0.5) is 0 Å². The van der Waals surface area contributed by atoms with E-state index in [-0.39, 0.29) is 0 Å². The number of ether oxygens (including phenoxy) is 1. The van der Waals surface area contributed by atoms with E-state index in [0.717, 1.165) is 18.1 Å². The van der Waals surface area contributed by atoms with Crippen LogP contribution in [0, 0.1) is 5.92 Å². The summed E-state index contributed by atoms with van der Waals surface area (Å²) < 4.78 is 5.64. The van der Waals surface area contributed by atoms with Crippen LogP contribution < -0.4 is 0 Å². The summed E-state index contributed by atoms with van der Waals surface area (Å²) in [7, 11) is 0. The molecule has 0 spiro atoms. The van der Waals surface area contributed by atoms with E-state index in [1.54, 1.807) is 0 Å². The molecule has 0 aromatic heterocycles. The molecule has 12 heavy (non-hydrogen) atoms. The van der Waals surface area contributed by atoms with E-state index in [2.05, 4.69) is 6.08 Å². The highest BCUT2D eigenvalue weighted by molar-refractivity contribution is 6.29. The molecule has 1 aliphatic carbocycles. The van der Waals surface area contributed by atoms with Gasteiger partial charge in [-0.05, 0) is 32.1 Å². The minimum Gasteiger partial charge on any atom is -0.378 e. The van der Waals surface area contributed by atoms with Crippen molar-refractivity contribution in [3.8, 4) is 0 Å². The second-order valence-electron chi connectivity index (χ2n) is 3.68. The fraction of sp³-hybridized carbons (Fsp3) is 0.800. The molecule has 1 saturated heterocycles. The summed E-state index contributed by atoms with van der Waals surface area (Å²) in [6.07, 6.45) is 8.66. The maximum atomic E-state index is 6.14. The van der Waals surface area contributed by atoms with Crippen LogP contribution in [0.25, 0.3) is 0 Å². The predicted octanol–water partition coefficient (Wildman–Crippen LogP) is 3.09. The van der Waals surface area contributed by atoms with Crippen molar-refractivity contribution in [1.29, 1.82) is 0 Å². The standard InChI is InChI=1S/C10H15ClO/c11-9-5-2-1-4-8(9)10-6-3-7-12-10/h5,8,10H,1-4,6-7H2. The summed E-state index contributed by atoms with van der Waals surface area (Å²) in [5, 5.41) is 1.05. The van der Waals surface area contributed by atoms with Crippen molar-refractivity contribution in [2.75, 3.05) is 6.61 Å². The van der Waals surface area contributed by atoms with E-state index in [0.29, 0.717) is 12.0 Å². The van der Waals surface area contributed by atoms with Crippen molar-refractivity contribution < 1.29 is 4.74 Å². The quantitative estimate of drug-likeness (QED) is 0.612. The van der Waals surface area contributed by atoms with Gasteiger partial charge in [0.25, 0.3) is 0 Å². The van der Waals surface area contributed by atoms with Gasteiger partial charge in [0.1, 0.15) is 0 Å². The van der Waals surface area contributed by atoms with Crippen molar-refractivity contribution >= 4 is 11.6 Å². The summed E-state index contributed by atoms with van der Waals surface area (Å²) in [6.45, 7) is 0.936. The lowest BCUT2D eigenvalue weighted by Gasteiger charge is -2.25. The molecule has 0 bridgehead atoms. The maximum Gasteiger partial charge on any atom is 0.0652 e. The first kappa shape index (κ1) is 8.58. The third kappa shape index (κ3) is 1.67. The Balaban J connectivity index is 2.01. The van der Waals surface area contributed by atoms with Gasteiger partial charge in [-0.2, -0.15) is 0 Å². The molecule has 0 amide bonds. The van der Waals surface area contributed by atoms with Crippen LogP contribution in [0.1, 0.15) is 32.1 Å². The highest BCUT2D eigenvalue weighted by Gasteiger charge is 2.28. The topological polar surface area (TPSA) is 9.23 Å². The van der Waals surface area contributed by atoms with Crippen molar-refractivity contribution in [2.45, 2.75) is 38.2 Å². The molecule has 2 unspecified atom stereocenters. The Labute approximate surface area is 78.7 Å². The SMILES string of the molecule is ClC1=CCCCC1C1CCCO1. The van der Waals surface area contributed by atoms with Gasteiger partial charge < -0.3 is 4.74 Å². The molecule has 2 heteroatoms. The fourth-order valence-electron chi connectivity index (χ4n) is 2.15. The smallest absolute Gasteiger partial charge is 0.0652 e. The van der Waals surface area contributed by atoms with E-state index >= 15 is 0 Å². The van der Waals surface area contributed by atoms with Crippen LogP contribution >= 0.6 is 11.6 Å². The van der Waals surface area contributed by atoms with Crippen molar-refractivity contribution in [2.24, 2.45) is 5.92 Å². The average molecular weight is 187 g/mol. The molecule has 0 radical (unpaired) electrons. The Morgan fingerprint density at radius 3 is 2.92 bits per heavy atom. The Kier molecular flexibility index (Phi) is 2.72. The molecule has 0 saturated carbocycles. The zero-order valence-electron chi connectivity index (χ0n) is 7.26. The van der Waals surface area contributed by atoms with Gasteiger partial charge in [0.05, 0.1) is 6.10 Å². The monoisotopic (exact) mass is 186 g/mol. The highest BCUT2D eigenvalue weighted by atomic mass is 35.5. The fourth-order valence-corrected chi connectivity index (χ4v) is 2.51. The predicted molar refractivity (Wildman–Crippen MR) is 50.3 cm³/mol. The van der Waals surface area contributed by atoms with Gasteiger partial charge >= 0.3 is 0 Å². The van der Waals surface area contributed by atoms with E-state index < -0.39 is 0 Å². The number of rotatable bonds is 1. The number of hydrogen-bond donors (Lipinski definition) is 0. The zero-order valence-corrected chi connectivity index (χ0v) is 8.02. The second kappa shape index (κ2) is 3.80. The van der Waals surface area contributed by atoms with Crippen LogP contribution in [0.3, 0.4) is 0 Å². The molecule has 1 heterocycles. The molecule has 1 aliphatic heterocycles. The summed E-state index contributed by atoms with van der Waals surface area (Å²) in [5.41, 5.74) is 0. The lowest BCUT2D eigenvalue weighted by atomic mass is 9.89. The molecular formula is C10H15ClO. The average Bonchev–Trinajstić information content (AvgIpc) is 2.57. The molecule has 1 fully saturated rings. The Bertz CT molecular complexity index is 182. The molecule has 0 aromatic rings. The first-order chi connectivity index (χ1) is 5.88. The minimum absolute atomic E-state index is 0.425. The Morgan fingerprint density at radius 2 is 2.25 bits per heavy atom.